The van der Waals surface area contributed by atoms with E-state index in [2.05, 4.69) is 34.9 Å². The van der Waals surface area contributed by atoms with E-state index in [0.29, 0.717) is 12.8 Å². The third-order valence-corrected chi connectivity index (χ3v) is 7.90. The molecule has 5 rings (SSSR count). The summed E-state index contributed by atoms with van der Waals surface area (Å²) < 4.78 is 5.70. The maximum absolute atomic E-state index is 13.1. The van der Waals surface area contributed by atoms with E-state index in [0.717, 1.165) is 41.5 Å². The number of carbonyl (C=O) groups is 3. The Bertz CT molecular complexity index is 1160. The summed E-state index contributed by atoms with van der Waals surface area (Å²) in [5.41, 5.74) is 3.84. The molecule has 2 saturated carbocycles. The van der Waals surface area contributed by atoms with Crippen LogP contribution in [0.25, 0.3) is 11.1 Å². The van der Waals surface area contributed by atoms with E-state index in [4.69, 9.17) is 9.84 Å². The highest BCUT2D eigenvalue weighted by Gasteiger charge is 2.61. The van der Waals surface area contributed by atoms with Crippen LogP contribution in [0.3, 0.4) is 0 Å². The Morgan fingerprint density at radius 1 is 1.03 bits per heavy atom. The summed E-state index contributed by atoms with van der Waals surface area (Å²) in [6.07, 6.45) is 5.28. The van der Waals surface area contributed by atoms with Gasteiger partial charge in [-0.1, -0.05) is 61.0 Å². The second kappa shape index (κ2) is 8.87. The Morgan fingerprint density at radius 2 is 1.63 bits per heavy atom. The minimum atomic E-state index is -1.03. The first kappa shape index (κ1) is 23.1. The van der Waals surface area contributed by atoms with Gasteiger partial charge in [-0.15, -0.1) is 0 Å². The van der Waals surface area contributed by atoms with E-state index < -0.39 is 17.6 Å². The van der Waals surface area contributed by atoms with Gasteiger partial charge in [0.2, 0.25) is 5.91 Å². The zero-order valence-electron chi connectivity index (χ0n) is 19.8. The molecule has 0 radical (unpaired) electrons. The van der Waals surface area contributed by atoms with Gasteiger partial charge in [-0.3, -0.25) is 4.79 Å². The van der Waals surface area contributed by atoms with Crippen molar-refractivity contribution in [3.8, 4) is 11.1 Å². The van der Waals surface area contributed by atoms with Gasteiger partial charge in [0.1, 0.15) is 12.1 Å². The van der Waals surface area contributed by atoms with Crippen molar-refractivity contribution in [3.05, 3.63) is 71.3 Å². The Labute approximate surface area is 204 Å². The van der Waals surface area contributed by atoms with Crippen LogP contribution in [0, 0.1) is 5.41 Å². The molecule has 0 unspecified atom stereocenters. The van der Waals surface area contributed by atoms with E-state index in [1.54, 1.807) is 0 Å². The van der Waals surface area contributed by atoms with Crippen molar-refractivity contribution in [2.24, 2.45) is 5.41 Å². The lowest BCUT2D eigenvalue weighted by Gasteiger charge is -2.59. The molecule has 7 nitrogen and oxygen atoms in total. The largest absolute Gasteiger partial charge is 0.478 e. The van der Waals surface area contributed by atoms with Crippen LogP contribution in [0.5, 0.6) is 0 Å². The molecule has 0 heterocycles. The number of carboxylic acids is 1. The fraction of sp³-hybridized carbons (Fsp3) is 0.393. The quantitative estimate of drug-likeness (QED) is 0.517. The molecule has 3 aliphatic carbocycles. The van der Waals surface area contributed by atoms with E-state index >= 15 is 0 Å². The predicted molar refractivity (Wildman–Crippen MR) is 131 cm³/mol. The summed E-state index contributed by atoms with van der Waals surface area (Å²) >= 11 is 0. The highest BCUT2D eigenvalue weighted by Crippen LogP contribution is 2.60. The Hall–Kier alpha value is -3.61. The molecule has 2 aromatic carbocycles. The van der Waals surface area contributed by atoms with Gasteiger partial charge in [-0.2, -0.15) is 0 Å². The van der Waals surface area contributed by atoms with Gasteiger partial charge in [0, 0.05) is 18.0 Å². The SMILES string of the molecule is C/C(=C\CNC(=O)C1(NC(=O)OCC2c3ccccc3-c3ccccc32)CC2(CCC2)C1)C(=O)O. The highest BCUT2D eigenvalue weighted by atomic mass is 16.5. The Balaban J connectivity index is 1.25. The molecule has 0 bridgehead atoms. The molecule has 2 fully saturated rings. The molecule has 182 valence electrons. The van der Waals surface area contributed by atoms with Gasteiger partial charge >= 0.3 is 12.1 Å². The van der Waals surface area contributed by atoms with Gasteiger partial charge in [0.25, 0.3) is 0 Å². The van der Waals surface area contributed by atoms with Crippen LogP contribution < -0.4 is 10.6 Å². The van der Waals surface area contributed by atoms with Crippen molar-refractivity contribution < 1.29 is 24.2 Å². The molecule has 7 heteroatoms. The molecule has 0 saturated heterocycles. The van der Waals surface area contributed by atoms with Crippen molar-refractivity contribution in [1.29, 1.82) is 0 Å². The maximum atomic E-state index is 13.1. The molecule has 0 aliphatic heterocycles. The van der Waals surface area contributed by atoms with Crippen LogP contribution in [0.1, 0.15) is 56.1 Å². The molecule has 0 aromatic heterocycles. The first-order chi connectivity index (χ1) is 16.8. The number of hydrogen-bond acceptors (Lipinski definition) is 4. The summed E-state index contributed by atoms with van der Waals surface area (Å²) in [6.45, 7) is 1.76. The number of amides is 2. The summed E-state index contributed by atoms with van der Waals surface area (Å²) in [4.78, 5) is 37.0. The summed E-state index contributed by atoms with van der Waals surface area (Å²) in [5, 5.41) is 14.7. The molecule has 2 aromatic rings. The Morgan fingerprint density at radius 3 is 2.17 bits per heavy atom. The second-order valence-corrected chi connectivity index (χ2v) is 10.1. The van der Waals surface area contributed by atoms with Gasteiger partial charge in [0.05, 0.1) is 0 Å². The van der Waals surface area contributed by atoms with Crippen LogP contribution in [0.15, 0.2) is 60.2 Å². The van der Waals surface area contributed by atoms with Gasteiger partial charge < -0.3 is 20.5 Å². The standard InChI is InChI=1S/C28H30N2O5/c1-18(24(31)32)11-14-29-25(33)28(16-27(17-28)12-6-13-27)30-26(34)35-15-23-21-9-4-2-7-19(21)20-8-3-5-10-22(20)23/h2-5,7-11,23H,6,12-17H2,1H3,(H,29,33)(H,30,34)(H,31,32)/b18-11+. The van der Waals surface area contributed by atoms with Gasteiger partial charge in [-0.25, -0.2) is 9.59 Å². The lowest BCUT2D eigenvalue weighted by atomic mass is 9.48. The number of alkyl carbamates (subject to hydrolysis) is 1. The minimum absolute atomic E-state index is 0.0542. The molecule has 3 aliphatic rings. The minimum Gasteiger partial charge on any atom is -0.478 e. The third-order valence-electron chi connectivity index (χ3n) is 7.90. The summed E-state index contributed by atoms with van der Waals surface area (Å²) in [5.74, 6) is -1.37. The van der Waals surface area contributed by atoms with E-state index in [9.17, 15) is 14.4 Å². The van der Waals surface area contributed by atoms with E-state index in [1.807, 2.05) is 24.3 Å². The van der Waals surface area contributed by atoms with Gasteiger partial charge in [0.15, 0.2) is 0 Å². The molecule has 3 N–H and O–H groups in total. The monoisotopic (exact) mass is 474 g/mol. The Kier molecular flexibility index (Phi) is 5.87. The zero-order valence-corrected chi connectivity index (χ0v) is 19.8. The number of ether oxygens (including phenoxy) is 1. The number of nitrogens with one attached hydrogen (secondary N) is 2. The first-order valence-corrected chi connectivity index (χ1v) is 12.1. The topological polar surface area (TPSA) is 105 Å². The van der Waals surface area contributed by atoms with Crippen molar-refractivity contribution in [1.82, 2.24) is 10.6 Å². The maximum Gasteiger partial charge on any atom is 0.408 e. The summed E-state index contributed by atoms with van der Waals surface area (Å²) in [6, 6.07) is 16.3. The van der Waals surface area contributed by atoms with Crippen molar-refractivity contribution in [2.45, 2.75) is 50.5 Å². The van der Waals surface area contributed by atoms with Crippen LogP contribution >= 0.6 is 0 Å². The number of carboxylic acid groups (broad SMARTS) is 1. The predicted octanol–water partition coefficient (Wildman–Crippen LogP) is 4.38. The molecule has 0 atom stereocenters. The molecular formula is C28H30N2O5. The first-order valence-electron chi connectivity index (χ1n) is 12.1. The number of aliphatic carboxylic acids is 1. The lowest BCUT2D eigenvalue weighted by molar-refractivity contribution is -0.144. The second-order valence-electron chi connectivity index (χ2n) is 10.1. The number of rotatable bonds is 7. The van der Waals surface area contributed by atoms with Crippen molar-refractivity contribution >= 4 is 18.0 Å². The molecular weight excluding hydrogens is 444 g/mol. The third kappa shape index (κ3) is 4.20. The fourth-order valence-corrected chi connectivity index (χ4v) is 5.95. The fourth-order valence-electron chi connectivity index (χ4n) is 5.95. The average molecular weight is 475 g/mol. The van der Waals surface area contributed by atoms with Crippen molar-refractivity contribution in [2.75, 3.05) is 13.2 Å². The van der Waals surface area contributed by atoms with E-state index in [-0.39, 0.29) is 36.0 Å². The number of benzene rings is 2. The van der Waals surface area contributed by atoms with Crippen LogP contribution in [0.2, 0.25) is 0 Å². The zero-order chi connectivity index (χ0) is 24.6. The molecule has 35 heavy (non-hydrogen) atoms. The average Bonchev–Trinajstić information content (AvgIpc) is 3.12. The van der Waals surface area contributed by atoms with E-state index in [1.165, 1.54) is 13.0 Å². The van der Waals surface area contributed by atoms with Crippen LogP contribution in [0.4, 0.5) is 4.79 Å². The summed E-state index contributed by atoms with van der Waals surface area (Å²) in [7, 11) is 0. The lowest BCUT2D eigenvalue weighted by Crippen LogP contribution is -2.70. The molecule has 2 amide bonds. The highest BCUT2D eigenvalue weighted by molar-refractivity contribution is 5.92. The number of fused-ring (bicyclic) bond motifs is 3. The molecule has 1 spiro atoms. The van der Waals surface area contributed by atoms with Crippen LogP contribution in [-0.4, -0.2) is 41.8 Å². The van der Waals surface area contributed by atoms with Crippen LogP contribution in [-0.2, 0) is 14.3 Å². The van der Waals surface area contributed by atoms with Crippen molar-refractivity contribution in [3.63, 3.8) is 0 Å². The van der Waals surface area contributed by atoms with Gasteiger partial charge in [-0.05, 0) is 60.3 Å². The number of hydrogen-bond donors (Lipinski definition) is 3. The number of carbonyl (C=O) groups excluding carboxylic acids is 2. The smallest absolute Gasteiger partial charge is 0.408 e. The normalized spacial score (nSPS) is 19.1.